The van der Waals surface area contributed by atoms with E-state index in [0.717, 1.165) is 5.56 Å². The van der Waals surface area contributed by atoms with Crippen LogP contribution in [0.15, 0.2) is 48.4 Å². The van der Waals surface area contributed by atoms with Gasteiger partial charge in [-0.2, -0.15) is 10.4 Å². The van der Waals surface area contributed by atoms with Crippen molar-refractivity contribution in [3.63, 3.8) is 0 Å². The van der Waals surface area contributed by atoms with Crippen LogP contribution < -0.4 is 5.73 Å². The van der Waals surface area contributed by atoms with E-state index >= 15 is 0 Å². The van der Waals surface area contributed by atoms with E-state index < -0.39 is 0 Å². The summed E-state index contributed by atoms with van der Waals surface area (Å²) in [6.07, 6.45) is 4.98. The van der Waals surface area contributed by atoms with Gasteiger partial charge in [-0.1, -0.05) is 23.8 Å². The smallest absolute Gasteiger partial charge is 0.133 e. The zero-order valence-corrected chi connectivity index (χ0v) is 14.6. The molecule has 0 aliphatic rings. The van der Waals surface area contributed by atoms with Crippen LogP contribution >= 0.6 is 0 Å². The van der Waals surface area contributed by atoms with Crippen LogP contribution in [0, 0.1) is 35.0 Å². The number of hydrogen-bond acceptors (Lipinski definition) is 4. The number of hydrogen-bond donors (Lipinski definition) is 2. The van der Waals surface area contributed by atoms with Crippen LogP contribution in [0.5, 0.6) is 0 Å². The molecule has 3 N–H and O–H groups in total. The van der Waals surface area contributed by atoms with Crippen molar-refractivity contribution in [1.29, 1.82) is 5.26 Å². The zero-order chi connectivity index (χ0) is 18.9. The lowest BCUT2D eigenvalue weighted by atomic mass is 10.1. The number of aliphatic hydroxyl groups excluding tert-OH is 1. The van der Waals surface area contributed by atoms with Crippen molar-refractivity contribution in [3.8, 4) is 29.8 Å². The van der Waals surface area contributed by atoms with Gasteiger partial charge in [-0.05, 0) is 37.3 Å². The lowest BCUT2D eigenvalue weighted by Gasteiger charge is -2.00. The van der Waals surface area contributed by atoms with Crippen molar-refractivity contribution < 1.29 is 5.11 Å². The molecule has 0 radical (unpaired) electrons. The average molecular weight is 342 g/mol. The topological polar surface area (TPSA) is 87.9 Å². The molecule has 1 aromatic heterocycles. The summed E-state index contributed by atoms with van der Waals surface area (Å²) in [6.45, 7) is 1.68. The monoisotopic (exact) mass is 342 g/mol. The van der Waals surface area contributed by atoms with Crippen molar-refractivity contribution in [3.05, 3.63) is 65.2 Å². The highest BCUT2D eigenvalue weighted by Crippen LogP contribution is 2.20. The highest BCUT2D eigenvalue weighted by atomic mass is 16.3. The predicted octanol–water partition coefficient (Wildman–Crippen LogP) is 3.16. The first-order chi connectivity index (χ1) is 12.5. The molecule has 0 fully saturated rings. The van der Waals surface area contributed by atoms with Gasteiger partial charge in [0.1, 0.15) is 11.5 Å². The summed E-state index contributed by atoms with van der Waals surface area (Å²) in [6, 6.07) is 9.23. The molecule has 0 unspecified atom stereocenters. The molecule has 5 heteroatoms. The van der Waals surface area contributed by atoms with Crippen LogP contribution in [0.25, 0.3) is 5.57 Å². The minimum absolute atomic E-state index is 0.0520. The quantitative estimate of drug-likeness (QED) is 0.388. The van der Waals surface area contributed by atoms with Crippen LogP contribution in [0.4, 0.5) is 5.69 Å². The summed E-state index contributed by atoms with van der Waals surface area (Å²) in [4.78, 5) is 0. The average Bonchev–Trinajstić information content (AvgIpc) is 2.99. The van der Waals surface area contributed by atoms with Crippen LogP contribution in [0.1, 0.15) is 30.2 Å². The van der Waals surface area contributed by atoms with Crippen LogP contribution in [0.2, 0.25) is 0 Å². The number of aliphatic hydroxyl groups is 1. The Hall–Kier alpha value is -3.88. The third-order valence-corrected chi connectivity index (χ3v) is 3.31. The molecule has 0 saturated heterocycles. The minimum atomic E-state index is -0.0520. The Bertz CT molecular complexity index is 1010. The second kappa shape index (κ2) is 8.83. The van der Waals surface area contributed by atoms with E-state index in [0.29, 0.717) is 22.5 Å². The first kappa shape index (κ1) is 18.5. The number of anilines is 1. The maximum Gasteiger partial charge on any atom is 0.133 e. The van der Waals surface area contributed by atoms with Crippen molar-refractivity contribution in [2.75, 3.05) is 5.73 Å². The van der Waals surface area contributed by atoms with E-state index in [1.165, 1.54) is 6.08 Å². The molecule has 1 heterocycles. The Balaban J connectivity index is 2.49. The fourth-order valence-corrected chi connectivity index (χ4v) is 2.15. The van der Waals surface area contributed by atoms with Gasteiger partial charge in [-0.15, -0.1) is 5.92 Å². The standard InChI is InChI=1S/C21H18N4O/c1-3-6-19(20(26)7-4-5-14-22)21-17(15-25(2)24-21)11-8-16-9-12-18(23)13-10-16/h4,7,9-10,12-13,15,26H,5,23H2,1-2H3/b7-4-,20-19-. The van der Waals surface area contributed by atoms with Gasteiger partial charge in [-0.25, -0.2) is 0 Å². The molecule has 1 aromatic carbocycles. The molecule has 0 aliphatic carbocycles. The van der Waals surface area contributed by atoms with Crippen LogP contribution in [-0.2, 0) is 7.05 Å². The largest absolute Gasteiger partial charge is 0.507 e. The molecule has 5 nitrogen and oxygen atoms in total. The Morgan fingerprint density at radius 2 is 2.04 bits per heavy atom. The summed E-state index contributed by atoms with van der Waals surface area (Å²) in [7, 11) is 1.78. The van der Waals surface area contributed by atoms with E-state index in [1.54, 1.807) is 43.1 Å². The fourth-order valence-electron chi connectivity index (χ4n) is 2.15. The Kier molecular flexibility index (Phi) is 6.27. The zero-order valence-electron chi connectivity index (χ0n) is 14.6. The molecular formula is C21H18N4O. The molecule has 0 aliphatic heterocycles. The highest BCUT2D eigenvalue weighted by molar-refractivity contribution is 5.82. The van der Waals surface area contributed by atoms with Crippen molar-refractivity contribution in [2.24, 2.45) is 7.05 Å². The number of aryl methyl sites for hydroxylation is 1. The van der Waals surface area contributed by atoms with Crippen molar-refractivity contribution in [2.45, 2.75) is 13.3 Å². The van der Waals surface area contributed by atoms with E-state index in [-0.39, 0.29) is 12.2 Å². The van der Waals surface area contributed by atoms with Crippen LogP contribution in [0.3, 0.4) is 0 Å². The van der Waals surface area contributed by atoms with Gasteiger partial charge in [0, 0.05) is 24.5 Å². The molecule has 0 spiro atoms. The Labute approximate surface area is 153 Å². The number of nitrogens with zero attached hydrogens (tertiary/aromatic N) is 3. The number of nitrogen functional groups attached to an aromatic ring is 1. The third-order valence-electron chi connectivity index (χ3n) is 3.31. The number of nitriles is 1. The molecule has 0 bridgehead atoms. The summed E-state index contributed by atoms with van der Waals surface area (Å²) in [5.74, 6) is 11.7. The molecule has 2 rings (SSSR count). The van der Waals surface area contributed by atoms with Gasteiger partial charge in [0.05, 0.1) is 23.6 Å². The van der Waals surface area contributed by atoms with E-state index in [4.69, 9.17) is 11.0 Å². The molecule has 0 saturated carbocycles. The summed E-state index contributed by atoms with van der Waals surface area (Å²) < 4.78 is 1.62. The Morgan fingerprint density at radius 1 is 1.31 bits per heavy atom. The van der Waals surface area contributed by atoms with Gasteiger partial charge in [0.15, 0.2) is 0 Å². The lowest BCUT2D eigenvalue weighted by molar-refractivity contribution is 0.435. The molecule has 0 atom stereocenters. The fraction of sp³-hybridized carbons (Fsp3) is 0.143. The maximum absolute atomic E-state index is 10.3. The number of rotatable bonds is 3. The van der Waals surface area contributed by atoms with Crippen LogP contribution in [-0.4, -0.2) is 14.9 Å². The van der Waals surface area contributed by atoms with Crippen molar-refractivity contribution >= 4 is 11.3 Å². The second-order valence-electron chi connectivity index (χ2n) is 5.34. The van der Waals surface area contributed by atoms with Gasteiger partial charge in [0.25, 0.3) is 0 Å². The molecule has 0 amide bonds. The molecule has 26 heavy (non-hydrogen) atoms. The first-order valence-electron chi connectivity index (χ1n) is 7.86. The third kappa shape index (κ3) is 4.81. The van der Waals surface area contributed by atoms with Gasteiger partial charge in [-0.3, -0.25) is 4.68 Å². The highest BCUT2D eigenvalue weighted by Gasteiger charge is 2.13. The van der Waals surface area contributed by atoms with E-state index in [9.17, 15) is 5.11 Å². The number of benzene rings is 1. The van der Waals surface area contributed by atoms with Gasteiger partial charge >= 0.3 is 0 Å². The molecule has 2 aromatic rings. The normalized spacial score (nSPS) is 11.0. The SMILES string of the molecule is CC#C/C(=C(O)\C=C/CC#N)c1nn(C)cc1C#Cc1ccc(N)cc1. The summed E-state index contributed by atoms with van der Waals surface area (Å²) >= 11 is 0. The summed E-state index contributed by atoms with van der Waals surface area (Å²) in [5.41, 5.74) is 8.67. The number of aromatic nitrogens is 2. The lowest BCUT2D eigenvalue weighted by Crippen LogP contribution is -1.94. The predicted molar refractivity (Wildman–Crippen MR) is 102 cm³/mol. The number of allylic oxidation sites excluding steroid dienone is 3. The van der Waals surface area contributed by atoms with E-state index in [2.05, 4.69) is 28.8 Å². The maximum atomic E-state index is 10.3. The number of nitrogens with two attached hydrogens (primary N) is 1. The Morgan fingerprint density at radius 3 is 2.69 bits per heavy atom. The van der Waals surface area contributed by atoms with Crippen molar-refractivity contribution in [1.82, 2.24) is 9.78 Å². The van der Waals surface area contributed by atoms with Gasteiger partial charge < -0.3 is 10.8 Å². The molecule has 128 valence electrons. The first-order valence-corrected chi connectivity index (χ1v) is 7.86. The van der Waals surface area contributed by atoms with Gasteiger partial charge in [0.2, 0.25) is 0 Å². The molecular weight excluding hydrogens is 324 g/mol. The summed E-state index contributed by atoms with van der Waals surface area (Å²) in [5, 5.41) is 23.3. The van der Waals surface area contributed by atoms with E-state index in [1.807, 2.05) is 18.2 Å². The minimum Gasteiger partial charge on any atom is -0.507 e. The second-order valence-corrected chi connectivity index (χ2v) is 5.34.